The third-order valence-electron chi connectivity index (χ3n) is 6.95. The van der Waals surface area contributed by atoms with Crippen LogP contribution in [0.15, 0.2) is 60.7 Å². The minimum Gasteiger partial charge on any atom is -0.439 e. The smallest absolute Gasteiger partial charge is 0.439 e. The number of hydrogen-bond acceptors (Lipinski definition) is 4. The van der Waals surface area contributed by atoms with Gasteiger partial charge in [-0.2, -0.15) is 0 Å². The highest BCUT2D eigenvalue weighted by atomic mass is 16.7. The minimum atomic E-state index is -0.532. The Morgan fingerprint density at radius 1 is 0.875 bits per heavy atom. The molecule has 0 saturated carbocycles. The molecule has 0 aromatic heterocycles. The Kier molecular flexibility index (Phi) is 6.12. The van der Waals surface area contributed by atoms with E-state index >= 15 is 0 Å². The van der Waals surface area contributed by atoms with Crippen molar-refractivity contribution in [3.05, 3.63) is 71.8 Å². The second kappa shape index (κ2) is 8.56. The van der Waals surface area contributed by atoms with Crippen molar-refractivity contribution in [3.63, 3.8) is 0 Å². The third kappa shape index (κ3) is 4.18. The molecule has 2 aromatic rings. The highest BCUT2D eigenvalue weighted by Gasteiger charge is 2.58. The highest BCUT2D eigenvalue weighted by Crippen LogP contribution is 2.47. The Hall–Kier alpha value is -2.31. The molecule has 2 aromatic carbocycles. The SMILES string of the molecule is CC(C)C[C@@H](B1OC(C)(C)C(C)(C)O1)N1C(=O)O[C@H](c2ccccc2)[C@@H]1c1ccccc1. The Morgan fingerprint density at radius 2 is 1.38 bits per heavy atom. The summed E-state index contributed by atoms with van der Waals surface area (Å²) in [5, 5.41) is 0. The van der Waals surface area contributed by atoms with E-state index < -0.39 is 24.4 Å². The van der Waals surface area contributed by atoms with Gasteiger partial charge in [-0.1, -0.05) is 74.5 Å². The molecule has 2 aliphatic rings. The number of nitrogens with zero attached hydrogens (tertiary/aromatic N) is 1. The van der Waals surface area contributed by atoms with E-state index in [-0.39, 0.29) is 18.1 Å². The van der Waals surface area contributed by atoms with Crippen LogP contribution in [0.4, 0.5) is 4.79 Å². The van der Waals surface area contributed by atoms with Crippen LogP contribution in [-0.2, 0) is 14.0 Å². The molecule has 5 nitrogen and oxygen atoms in total. The molecular weight excluding hydrogens is 401 g/mol. The average molecular weight is 435 g/mol. The van der Waals surface area contributed by atoms with E-state index in [1.54, 1.807) is 0 Å². The first kappa shape index (κ1) is 22.9. The monoisotopic (exact) mass is 435 g/mol. The van der Waals surface area contributed by atoms with Crippen molar-refractivity contribution in [1.82, 2.24) is 4.90 Å². The van der Waals surface area contributed by atoms with Gasteiger partial charge in [0.05, 0.1) is 17.1 Å². The molecule has 2 aliphatic heterocycles. The van der Waals surface area contributed by atoms with Crippen molar-refractivity contribution < 1.29 is 18.8 Å². The molecule has 0 spiro atoms. The van der Waals surface area contributed by atoms with Gasteiger partial charge < -0.3 is 14.0 Å². The Labute approximate surface area is 192 Å². The van der Waals surface area contributed by atoms with Crippen molar-refractivity contribution in [1.29, 1.82) is 0 Å². The van der Waals surface area contributed by atoms with Crippen molar-refractivity contribution >= 4 is 13.2 Å². The Balaban J connectivity index is 1.77. The topological polar surface area (TPSA) is 48.0 Å². The summed E-state index contributed by atoms with van der Waals surface area (Å²) in [6.45, 7) is 12.5. The molecule has 1 amide bonds. The van der Waals surface area contributed by atoms with Gasteiger partial charge in [0, 0.05) is 0 Å². The van der Waals surface area contributed by atoms with E-state index in [0.29, 0.717) is 5.92 Å². The largest absolute Gasteiger partial charge is 0.482 e. The van der Waals surface area contributed by atoms with Crippen molar-refractivity contribution in [2.75, 3.05) is 0 Å². The summed E-state index contributed by atoms with van der Waals surface area (Å²) in [5.41, 5.74) is 1.07. The van der Waals surface area contributed by atoms with E-state index in [0.717, 1.165) is 17.5 Å². The summed E-state index contributed by atoms with van der Waals surface area (Å²) in [6.07, 6.45) is 0.0211. The zero-order valence-corrected chi connectivity index (χ0v) is 19.9. The van der Waals surface area contributed by atoms with Crippen molar-refractivity contribution in [2.24, 2.45) is 5.92 Å². The average Bonchev–Trinajstić information content (AvgIpc) is 3.19. The fourth-order valence-corrected chi connectivity index (χ4v) is 4.60. The first-order chi connectivity index (χ1) is 15.1. The molecule has 0 N–H and O–H groups in total. The number of carbonyl (C=O) groups excluding carboxylic acids is 1. The molecule has 4 rings (SSSR count). The van der Waals surface area contributed by atoms with Gasteiger partial charge in [0.15, 0.2) is 6.10 Å². The van der Waals surface area contributed by atoms with Crippen LogP contribution in [-0.4, -0.2) is 35.3 Å². The predicted octanol–water partition coefficient (Wildman–Crippen LogP) is 5.97. The molecule has 2 saturated heterocycles. The summed E-state index contributed by atoms with van der Waals surface area (Å²) >= 11 is 0. The molecule has 0 aliphatic carbocycles. The normalized spacial score (nSPS) is 25.3. The van der Waals surface area contributed by atoms with Crippen LogP contribution in [0.5, 0.6) is 0 Å². The number of amides is 1. The standard InChI is InChI=1S/C26H34BNO4/c1-18(2)17-21(27-31-25(3,4)26(5,6)32-27)28-22(19-13-9-7-10-14-19)23(30-24(28)29)20-15-11-8-12-16-20/h7-16,18,21-23H,17H2,1-6H3/t21-,22-,23+/m0/s1. The maximum absolute atomic E-state index is 13.4. The summed E-state index contributed by atoms with van der Waals surface area (Å²) in [5.74, 6) is 0.0708. The van der Waals surface area contributed by atoms with Gasteiger partial charge in [-0.3, -0.25) is 4.90 Å². The van der Waals surface area contributed by atoms with Gasteiger partial charge in [-0.15, -0.1) is 0 Å². The van der Waals surface area contributed by atoms with Gasteiger partial charge >= 0.3 is 13.2 Å². The summed E-state index contributed by atoms with van der Waals surface area (Å²) in [4.78, 5) is 15.3. The van der Waals surface area contributed by atoms with E-state index in [1.807, 2.05) is 81.1 Å². The van der Waals surface area contributed by atoms with Gasteiger partial charge in [0.25, 0.3) is 0 Å². The highest BCUT2D eigenvalue weighted by molar-refractivity contribution is 6.48. The predicted molar refractivity (Wildman–Crippen MR) is 126 cm³/mol. The molecular formula is C26H34BNO4. The second-order valence-corrected chi connectivity index (χ2v) is 10.3. The summed E-state index contributed by atoms with van der Waals surface area (Å²) in [6, 6.07) is 19.8. The molecule has 170 valence electrons. The summed E-state index contributed by atoms with van der Waals surface area (Å²) < 4.78 is 18.9. The first-order valence-electron chi connectivity index (χ1n) is 11.6. The number of cyclic esters (lactones) is 1. The zero-order valence-electron chi connectivity index (χ0n) is 19.9. The lowest BCUT2D eigenvalue weighted by Gasteiger charge is -2.34. The number of ether oxygens (including phenoxy) is 1. The third-order valence-corrected chi connectivity index (χ3v) is 6.95. The molecule has 0 bridgehead atoms. The van der Waals surface area contributed by atoms with Crippen LogP contribution in [0.1, 0.15) is 71.2 Å². The summed E-state index contributed by atoms with van der Waals surface area (Å²) in [7, 11) is -0.532. The maximum atomic E-state index is 13.4. The lowest BCUT2D eigenvalue weighted by atomic mass is 9.72. The molecule has 2 heterocycles. The van der Waals surface area contributed by atoms with Gasteiger partial charge in [0.1, 0.15) is 6.04 Å². The first-order valence-corrected chi connectivity index (χ1v) is 11.6. The number of benzene rings is 2. The second-order valence-electron chi connectivity index (χ2n) is 10.3. The minimum absolute atomic E-state index is 0.270. The van der Waals surface area contributed by atoms with E-state index in [2.05, 4.69) is 26.0 Å². The quantitative estimate of drug-likeness (QED) is 0.525. The van der Waals surface area contributed by atoms with Crippen LogP contribution in [0, 0.1) is 5.92 Å². The zero-order chi connectivity index (χ0) is 23.1. The Morgan fingerprint density at radius 3 is 1.88 bits per heavy atom. The van der Waals surface area contributed by atoms with Gasteiger partial charge in [0.2, 0.25) is 0 Å². The fourth-order valence-electron chi connectivity index (χ4n) is 4.60. The maximum Gasteiger partial charge on any atom is 0.482 e. The molecule has 0 radical (unpaired) electrons. The van der Waals surface area contributed by atoms with Crippen LogP contribution in [0.3, 0.4) is 0 Å². The molecule has 3 atom stereocenters. The van der Waals surface area contributed by atoms with E-state index in [9.17, 15) is 4.79 Å². The lowest BCUT2D eigenvalue weighted by molar-refractivity contribution is 0.00578. The van der Waals surface area contributed by atoms with Crippen LogP contribution < -0.4 is 0 Å². The van der Waals surface area contributed by atoms with Crippen LogP contribution in [0.25, 0.3) is 0 Å². The number of rotatable bonds is 6. The molecule has 0 unspecified atom stereocenters. The van der Waals surface area contributed by atoms with Crippen LogP contribution >= 0.6 is 0 Å². The van der Waals surface area contributed by atoms with Gasteiger partial charge in [-0.05, 0) is 51.2 Å². The van der Waals surface area contributed by atoms with Crippen molar-refractivity contribution in [3.8, 4) is 0 Å². The molecule has 6 heteroatoms. The van der Waals surface area contributed by atoms with Gasteiger partial charge in [-0.25, -0.2) is 4.79 Å². The van der Waals surface area contributed by atoms with E-state index in [4.69, 9.17) is 14.0 Å². The number of hydrogen-bond donors (Lipinski definition) is 0. The van der Waals surface area contributed by atoms with Crippen LogP contribution in [0.2, 0.25) is 0 Å². The fraction of sp³-hybridized carbons (Fsp3) is 0.500. The molecule has 32 heavy (non-hydrogen) atoms. The lowest BCUT2D eigenvalue weighted by Crippen LogP contribution is -2.50. The number of carbonyl (C=O) groups is 1. The molecule has 2 fully saturated rings. The van der Waals surface area contributed by atoms with Crippen molar-refractivity contribution in [2.45, 2.75) is 77.3 Å². The van der Waals surface area contributed by atoms with E-state index in [1.165, 1.54) is 0 Å². The Bertz CT molecular complexity index is 915.